The molecule has 0 atom stereocenters. The van der Waals surface area contributed by atoms with E-state index < -0.39 is 9.84 Å². The van der Waals surface area contributed by atoms with Crippen molar-refractivity contribution in [3.05, 3.63) is 100 Å². The van der Waals surface area contributed by atoms with Gasteiger partial charge in [-0.25, -0.2) is 8.42 Å². The Kier molecular flexibility index (Phi) is 6.88. The number of sulfone groups is 1. The molecule has 0 radical (unpaired) electrons. The van der Waals surface area contributed by atoms with E-state index in [-0.39, 0.29) is 16.4 Å². The van der Waals surface area contributed by atoms with Gasteiger partial charge in [-0.15, -0.1) is 0 Å². The molecule has 3 aromatic rings. The highest BCUT2D eigenvalue weighted by Gasteiger charge is 2.21. The van der Waals surface area contributed by atoms with Crippen LogP contribution in [0.15, 0.2) is 77.7 Å². The van der Waals surface area contributed by atoms with Gasteiger partial charge in [-0.1, -0.05) is 73.5 Å². The molecule has 0 aliphatic heterocycles. The molecule has 0 spiro atoms. The van der Waals surface area contributed by atoms with Crippen molar-refractivity contribution in [3.8, 4) is 0 Å². The third-order valence-electron chi connectivity index (χ3n) is 4.80. The minimum atomic E-state index is -3.60. The maximum Gasteiger partial charge on any atom is 0.193 e. The van der Waals surface area contributed by atoms with E-state index in [9.17, 15) is 13.2 Å². The smallest absolute Gasteiger partial charge is 0.193 e. The SMILES string of the molecule is CCCCc1ccc(S(=O)(=O)Cc2ccc(Cl)cc2C(=O)c2ccccc2)cc1. The lowest BCUT2D eigenvalue weighted by molar-refractivity contribution is 0.103. The van der Waals surface area contributed by atoms with Crippen LogP contribution in [0.2, 0.25) is 5.02 Å². The quantitative estimate of drug-likeness (QED) is 0.422. The van der Waals surface area contributed by atoms with Gasteiger partial charge in [-0.2, -0.15) is 0 Å². The molecule has 0 unspecified atom stereocenters. The molecule has 3 rings (SSSR count). The number of ketones is 1. The lowest BCUT2D eigenvalue weighted by Crippen LogP contribution is -2.11. The molecule has 0 saturated carbocycles. The second kappa shape index (κ2) is 9.38. The molecular weight excluding hydrogens is 404 g/mol. The summed E-state index contributed by atoms with van der Waals surface area (Å²) in [6.45, 7) is 2.12. The molecule has 150 valence electrons. The normalized spacial score (nSPS) is 11.4. The topological polar surface area (TPSA) is 51.2 Å². The summed E-state index contributed by atoms with van der Waals surface area (Å²) in [6.07, 6.45) is 3.10. The summed E-state index contributed by atoms with van der Waals surface area (Å²) in [6, 6.07) is 20.6. The predicted molar refractivity (Wildman–Crippen MR) is 117 cm³/mol. The fraction of sp³-hybridized carbons (Fsp3) is 0.208. The van der Waals surface area contributed by atoms with E-state index in [0.29, 0.717) is 21.7 Å². The first kappa shape index (κ1) is 21.3. The number of hydrogen-bond acceptors (Lipinski definition) is 3. The number of unbranched alkanes of at least 4 members (excludes halogenated alkanes) is 1. The molecule has 0 aliphatic rings. The van der Waals surface area contributed by atoms with Crippen molar-refractivity contribution >= 4 is 27.2 Å². The Balaban J connectivity index is 1.90. The molecule has 0 N–H and O–H groups in total. The van der Waals surface area contributed by atoms with Gasteiger partial charge in [-0.05, 0) is 48.2 Å². The maximum absolute atomic E-state index is 13.0. The number of benzene rings is 3. The lowest BCUT2D eigenvalue weighted by Gasteiger charge is -2.11. The van der Waals surface area contributed by atoms with Gasteiger partial charge in [-0.3, -0.25) is 4.79 Å². The molecule has 0 heterocycles. The molecule has 0 fully saturated rings. The van der Waals surface area contributed by atoms with Crippen LogP contribution in [0.1, 0.15) is 46.8 Å². The van der Waals surface area contributed by atoms with E-state index in [4.69, 9.17) is 11.6 Å². The molecule has 29 heavy (non-hydrogen) atoms. The molecule has 0 amide bonds. The molecule has 3 nitrogen and oxygen atoms in total. The Hall–Kier alpha value is -2.43. The first-order valence-electron chi connectivity index (χ1n) is 9.60. The lowest BCUT2D eigenvalue weighted by atomic mass is 9.99. The Labute approximate surface area is 177 Å². The van der Waals surface area contributed by atoms with Crippen LogP contribution < -0.4 is 0 Å². The van der Waals surface area contributed by atoms with Gasteiger partial charge in [0.1, 0.15) is 0 Å². The summed E-state index contributed by atoms with van der Waals surface area (Å²) in [5.41, 5.74) is 2.37. The fourth-order valence-corrected chi connectivity index (χ4v) is 4.71. The molecule has 3 aromatic carbocycles. The van der Waals surface area contributed by atoms with Crippen molar-refractivity contribution in [1.82, 2.24) is 0 Å². The van der Waals surface area contributed by atoms with E-state index in [2.05, 4.69) is 6.92 Å². The van der Waals surface area contributed by atoms with Gasteiger partial charge in [0, 0.05) is 16.1 Å². The van der Waals surface area contributed by atoms with Gasteiger partial charge < -0.3 is 0 Å². The summed E-state index contributed by atoms with van der Waals surface area (Å²) in [7, 11) is -3.60. The Morgan fingerprint density at radius 2 is 1.62 bits per heavy atom. The predicted octanol–water partition coefficient (Wildman–Crippen LogP) is 5.89. The van der Waals surface area contributed by atoms with Gasteiger partial charge >= 0.3 is 0 Å². The molecule has 0 bridgehead atoms. The van der Waals surface area contributed by atoms with E-state index in [1.54, 1.807) is 48.5 Å². The zero-order valence-electron chi connectivity index (χ0n) is 16.3. The third kappa shape index (κ3) is 5.34. The monoisotopic (exact) mass is 426 g/mol. The van der Waals surface area contributed by atoms with Crippen LogP contribution in [0.4, 0.5) is 0 Å². The molecule has 5 heteroatoms. The van der Waals surface area contributed by atoms with Crippen molar-refractivity contribution in [3.63, 3.8) is 0 Å². The summed E-state index contributed by atoms with van der Waals surface area (Å²) in [5, 5.41) is 0.394. The van der Waals surface area contributed by atoms with Crippen LogP contribution in [0.5, 0.6) is 0 Å². The highest BCUT2D eigenvalue weighted by atomic mass is 35.5. The zero-order chi connectivity index (χ0) is 20.9. The number of rotatable bonds is 8. The Bertz CT molecular complexity index is 1090. The van der Waals surface area contributed by atoms with E-state index in [1.165, 1.54) is 6.07 Å². The minimum Gasteiger partial charge on any atom is -0.289 e. The zero-order valence-corrected chi connectivity index (χ0v) is 17.8. The summed E-state index contributed by atoms with van der Waals surface area (Å²) >= 11 is 6.09. The summed E-state index contributed by atoms with van der Waals surface area (Å²) in [5.74, 6) is -0.500. The van der Waals surface area contributed by atoms with Crippen molar-refractivity contribution in [2.24, 2.45) is 0 Å². The number of aryl methyl sites for hydroxylation is 1. The Morgan fingerprint density at radius 3 is 2.28 bits per heavy atom. The maximum atomic E-state index is 13.0. The molecule has 0 aliphatic carbocycles. The van der Waals surface area contributed by atoms with Gasteiger partial charge in [0.05, 0.1) is 10.6 Å². The molecular formula is C24H23ClO3S. The van der Waals surface area contributed by atoms with Gasteiger partial charge in [0.15, 0.2) is 15.6 Å². The summed E-state index contributed by atoms with van der Waals surface area (Å²) in [4.78, 5) is 13.2. The highest BCUT2D eigenvalue weighted by Crippen LogP contribution is 2.24. The van der Waals surface area contributed by atoms with Crippen LogP contribution >= 0.6 is 11.6 Å². The van der Waals surface area contributed by atoms with Gasteiger partial charge in [0.25, 0.3) is 0 Å². The fourth-order valence-electron chi connectivity index (χ4n) is 3.16. The van der Waals surface area contributed by atoms with Crippen LogP contribution in [-0.4, -0.2) is 14.2 Å². The van der Waals surface area contributed by atoms with Crippen LogP contribution in [-0.2, 0) is 22.0 Å². The number of carbonyl (C=O) groups excluding carboxylic acids is 1. The number of halogens is 1. The average Bonchev–Trinajstić information content (AvgIpc) is 2.74. The van der Waals surface area contributed by atoms with Gasteiger partial charge in [0.2, 0.25) is 0 Å². The van der Waals surface area contributed by atoms with E-state index in [1.807, 2.05) is 18.2 Å². The third-order valence-corrected chi connectivity index (χ3v) is 6.72. The first-order chi connectivity index (χ1) is 13.9. The number of hydrogen-bond donors (Lipinski definition) is 0. The largest absolute Gasteiger partial charge is 0.289 e. The Morgan fingerprint density at radius 1 is 0.931 bits per heavy atom. The average molecular weight is 427 g/mol. The number of carbonyl (C=O) groups is 1. The summed E-state index contributed by atoms with van der Waals surface area (Å²) < 4.78 is 26.0. The van der Waals surface area contributed by atoms with Crippen molar-refractivity contribution in [2.75, 3.05) is 0 Å². The van der Waals surface area contributed by atoms with Crippen LogP contribution in [0, 0.1) is 0 Å². The van der Waals surface area contributed by atoms with Crippen molar-refractivity contribution in [1.29, 1.82) is 0 Å². The molecule has 0 aromatic heterocycles. The molecule has 0 saturated heterocycles. The van der Waals surface area contributed by atoms with E-state index >= 15 is 0 Å². The van der Waals surface area contributed by atoms with Crippen LogP contribution in [0.3, 0.4) is 0 Å². The van der Waals surface area contributed by atoms with Crippen molar-refractivity contribution in [2.45, 2.75) is 36.8 Å². The second-order valence-corrected chi connectivity index (χ2v) is 9.43. The minimum absolute atomic E-state index is 0.242. The standard InChI is InChI=1S/C24H23ClO3S/c1-2-3-7-18-10-14-22(15-11-18)29(27,28)17-20-12-13-21(25)16-23(20)24(26)19-8-5-4-6-9-19/h4-6,8-16H,2-3,7,17H2,1H3. The van der Waals surface area contributed by atoms with E-state index in [0.717, 1.165) is 24.8 Å². The van der Waals surface area contributed by atoms with Crippen molar-refractivity contribution < 1.29 is 13.2 Å². The first-order valence-corrected chi connectivity index (χ1v) is 11.6. The highest BCUT2D eigenvalue weighted by molar-refractivity contribution is 7.90. The van der Waals surface area contributed by atoms with Crippen LogP contribution in [0.25, 0.3) is 0 Å². The second-order valence-electron chi connectivity index (χ2n) is 7.00.